The molecule has 0 aliphatic rings. The summed E-state index contributed by atoms with van der Waals surface area (Å²) in [5, 5.41) is 21.0. The largest absolute Gasteiger partial charge is 0.494 e. The lowest BCUT2D eigenvalue weighted by atomic mass is 10.2. The second kappa shape index (κ2) is 4.36. The summed E-state index contributed by atoms with van der Waals surface area (Å²) in [7, 11) is 0. The van der Waals surface area contributed by atoms with E-state index in [1.54, 1.807) is 6.92 Å². The van der Waals surface area contributed by atoms with Crippen LogP contribution in [0.3, 0.4) is 0 Å². The highest BCUT2D eigenvalue weighted by Gasteiger charge is 2.24. The summed E-state index contributed by atoms with van der Waals surface area (Å²) in [5.74, 6) is 0.245. The maximum Gasteiger partial charge on any atom is 0.349 e. The van der Waals surface area contributed by atoms with E-state index >= 15 is 0 Å². The van der Waals surface area contributed by atoms with Gasteiger partial charge >= 0.3 is 11.4 Å². The Morgan fingerprint density at radius 3 is 2.27 bits per heavy atom. The van der Waals surface area contributed by atoms with Crippen molar-refractivity contribution in [2.75, 3.05) is 6.61 Å². The number of ether oxygens (including phenoxy) is 1. The SMILES string of the molecule is CCOc1ccc([N+](=O)[O-])c([N+](=O)[O-])c1. The number of rotatable bonds is 4. The highest BCUT2D eigenvalue weighted by Crippen LogP contribution is 2.30. The van der Waals surface area contributed by atoms with E-state index in [-0.39, 0.29) is 5.75 Å². The molecule has 0 fully saturated rings. The van der Waals surface area contributed by atoms with E-state index in [1.165, 1.54) is 6.07 Å². The minimum absolute atomic E-state index is 0.245. The molecule has 0 atom stereocenters. The zero-order valence-corrected chi connectivity index (χ0v) is 7.87. The van der Waals surface area contributed by atoms with Gasteiger partial charge in [0.2, 0.25) is 0 Å². The first kappa shape index (κ1) is 10.9. The highest BCUT2D eigenvalue weighted by molar-refractivity contribution is 5.55. The average molecular weight is 212 g/mol. The summed E-state index contributed by atoms with van der Waals surface area (Å²) in [4.78, 5) is 19.4. The van der Waals surface area contributed by atoms with Crippen molar-refractivity contribution in [1.82, 2.24) is 0 Å². The second-order valence-corrected chi connectivity index (χ2v) is 2.60. The van der Waals surface area contributed by atoms with Crippen molar-refractivity contribution in [3.05, 3.63) is 38.4 Å². The molecule has 0 aliphatic heterocycles. The summed E-state index contributed by atoms with van der Waals surface area (Å²) < 4.78 is 5.00. The van der Waals surface area contributed by atoms with Crippen LogP contribution < -0.4 is 4.74 Å². The van der Waals surface area contributed by atoms with Gasteiger partial charge in [0, 0.05) is 6.07 Å². The molecule has 15 heavy (non-hydrogen) atoms. The van der Waals surface area contributed by atoms with Crippen LogP contribution in [0, 0.1) is 20.2 Å². The van der Waals surface area contributed by atoms with Crippen LogP contribution in [0.25, 0.3) is 0 Å². The van der Waals surface area contributed by atoms with Gasteiger partial charge in [-0.3, -0.25) is 20.2 Å². The van der Waals surface area contributed by atoms with Crippen LogP contribution in [0.4, 0.5) is 11.4 Å². The molecule has 0 bridgehead atoms. The molecule has 0 saturated carbocycles. The molecule has 0 radical (unpaired) electrons. The molecule has 1 rings (SSSR count). The van der Waals surface area contributed by atoms with Gasteiger partial charge in [-0.15, -0.1) is 0 Å². The van der Waals surface area contributed by atoms with Crippen molar-refractivity contribution in [3.8, 4) is 5.75 Å². The lowest BCUT2D eigenvalue weighted by molar-refractivity contribution is -0.422. The molecule has 7 heteroatoms. The molecule has 0 aromatic heterocycles. The third-order valence-electron chi connectivity index (χ3n) is 1.65. The highest BCUT2D eigenvalue weighted by atomic mass is 16.6. The number of hydrogen-bond acceptors (Lipinski definition) is 5. The van der Waals surface area contributed by atoms with E-state index in [1.807, 2.05) is 0 Å². The first-order chi connectivity index (χ1) is 7.06. The maximum absolute atomic E-state index is 10.5. The molecule has 0 aliphatic carbocycles. The molecule has 0 N–H and O–H groups in total. The minimum atomic E-state index is -0.805. The zero-order chi connectivity index (χ0) is 11.4. The van der Waals surface area contributed by atoms with Crippen LogP contribution in [0.15, 0.2) is 18.2 Å². The van der Waals surface area contributed by atoms with Crippen LogP contribution in [-0.2, 0) is 0 Å². The van der Waals surface area contributed by atoms with Crippen molar-refractivity contribution in [2.24, 2.45) is 0 Å². The fraction of sp³-hybridized carbons (Fsp3) is 0.250. The normalized spacial score (nSPS) is 9.67. The molecule has 0 spiro atoms. The Morgan fingerprint density at radius 2 is 1.80 bits per heavy atom. The fourth-order valence-corrected chi connectivity index (χ4v) is 1.06. The monoisotopic (exact) mass is 212 g/mol. The molecular weight excluding hydrogens is 204 g/mol. The summed E-state index contributed by atoms with van der Waals surface area (Å²) in [6, 6.07) is 3.43. The van der Waals surface area contributed by atoms with Gasteiger partial charge in [0.15, 0.2) is 0 Å². The lowest BCUT2D eigenvalue weighted by Gasteiger charge is -2.01. The minimum Gasteiger partial charge on any atom is -0.494 e. The Balaban J connectivity index is 3.21. The first-order valence-corrected chi connectivity index (χ1v) is 4.12. The summed E-state index contributed by atoms with van der Waals surface area (Å²) in [6.45, 7) is 2.06. The van der Waals surface area contributed by atoms with Crippen LogP contribution in [0.5, 0.6) is 5.75 Å². The van der Waals surface area contributed by atoms with Crippen LogP contribution in [0.2, 0.25) is 0 Å². The van der Waals surface area contributed by atoms with Crippen molar-refractivity contribution in [2.45, 2.75) is 6.92 Å². The molecule has 0 heterocycles. The van der Waals surface area contributed by atoms with E-state index < -0.39 is 21.2 Å². The molecule has 80 valence electrons. The van der Waals surface area contributed by atoms with Crippen molar-refractivity contribution < 1.29 is 14.6 Å². The predicted octanol–water partition coefficient (Wildman–Crippen LogP) is 1.90. The molecule has 1 aromatic rings. The Hall–Kier alpha value is -2.18. The van der Waals surface area contributed by atoms with Gasteiger partial charge < -0.3 is 4.74 Å². The van der Waals surface area contributed by atoms with E-state index in [4.69, 9.17) is 4.74 Å². The third-order valence-corrected chi connectivity index (χ3v) is 1.65. The third kappa shape index (κ3) is 2.39. The topological polar surface area (TPSA) is 95.5 Å². The Bertz CT molecular complexity index is 404. The zero-order valence-electron chi connectivity index (χ0n) is 7.87. The van der Waals surface area contributed by atoms with Gasteiger partial charge in [-0.25, -0.2) is 0 Å². The number of hydrogen-bond donors (Lipinski definition) is 0. The van der Waals surface area contributed by atoms with E-state index in [0.717, 1.165) is 12.1 Å². The number of nitrogens with zero attached hydrogens (tertiary/aromatic N) is 2. The van der Waals surface area contributed by atoms with Gasteiger partial charge in [0.1, 0.15) is 5.75 Å². The first-order valence-electron chi connectivity index (χ1n) is 4.12. The second-order valence-electron chi connectivity index (χ2n) is 2.60. The van der Waals surface area contributed by atoms with Crippen molar-refractivity contribution in [1.29, 1.82) is 0 Å². The van der Waals surface area contributed by atoms with Crippen molar-refractivity contribution in [3.63, 3.8) is 0 Å². The van der Waals surface area contributed by atoms with Gasteiger partial charge in [-0.2, -0.15) is 0 Å². The molecule has 0 unspecified atom stereocenters. The van der Waals surface area contributed by atoms with Crippen LogP contribution >= 0.6 is 0 Å². The van der Waals surface area contributed by atoms with Gasteiger partial charge in [-0.05, 0) is 13.0 Å². The summed E-state index contributed by atoms with van der Waals surface area (Å²) >= 11 is 0. The Labute approximate surface area is 84.6 Å². The number of nitro benzene ring substituents is 2. The Morgan fingerprint density at radius 1 is 1.20 bits per heavy atom. The van der Waals surface area contributed by atoms with E-state index in [9.17, 15) is 20.2 Å². The molecule has 7 nitrogen and oxygen atoms in total. The van der Waals surface area contributed by atoms with Gasteiger partial charge in [-0.1, -0.05) is 0 Å². The molecule has 0 saturated heterocycles. The number of benzene rings is 1. The van der Waals surface area contributed by atoms with E-state index in [0.29, 0.717) is 6.61 Å². The average Bonchev–Trinajstić information content (AvgIpc) is 2.17. The predicted molar refractivity (Wildman–Crippen MR) is 50.9 cm³/mol. The molecular formula is C8H8N2O5. The summed E-state index contributed by atoms with van der Waals surface area (Å²) in [5.41, 5.74) is -1.10. The Kier molecular flexibility index (Phi) is 3.17. The van der Waals surface area contributed by atoms with Crippen LogP contribution in [0.1, 0.15) is 6.92 Å². The van der Waals surface area contributed by atoms with Gasteiger partial charge in [0.25, 0.3) is 0 Å². The van der Waals surface area contributed by atoms with Crippen LogP contribution in [-0.4, -0.2) is 16.5 Å². The summed E-state index contributed by atoms with van der Waals surface area (Å²) in [6.07, 6.45) is 0. The molecule has 1 aromatic carbocycles. The van der Waals surface area contributed by atoms with Crippen molar-refractivity contribution >= 4 is 11.4 Å². The smallest absolute Gasteiger partial charge is 0.349 e. The standard InChI is InChI=1S/C8H8N2O5/c1-2-15-6-3-4-7(9(11)12)8(5-6)10(13)14/h3-5H,2H2,1H3. The quantitative estimate of drug-likeness (QED) is 0.560. The number of nitro groups is 2. The van der Waals surface area contributed by atoms with E-state index in [2.05, 4.69) is 0 Å². The van der Waals surface area contributed by atoms with Gasteiger partial charge in [0.05, 0.1) is 22.5 Å². The molecule has 0 amide bonds. The maximum atomic E-state index is 10.5. The lowest BCUT2D eigenvalue weighted by Crippen LogP contribution is -1.98. The fourth-order valence-electron chi connectivity index (χ4n) is 1.06.